The Kier molecular flexibility index (Phi) is 5.73. The molecule has 0 bridgehead atoms. The minimum atomic E-state index is -0.600. The normalized spacial score (nSPS) is 15.3. The summed E-state index contributed by atoms with van der Waals surface area (Å²) in [5, 5.41) is 9.33. The Labute approximate surface area is 184 Å². The first-order chi connectivity index (χ1) is 15.5. The monoisotopic (exact) mass is 428 g/mol. The number of methoxy groups -OCH3 is 1. The first kappa shape index (κ1) is 20.9. The lowest BCUT2D eigenvalue weighted by atomic mass is 9.98. The van der Waals surface area contributed by atoms with Crippen molar-refractivity contribution in [1.82, 2.24) is 4.98 Å². The van der Waals surface area contributed by atoms with Gasteiger partial charge in [0.2, 0.25) is 11.8 Å². The second-order valence-electron chi connectivity index (χ2n) is 7.32. The number of ether oxygens (including phenoxy) is 2. The van der Waals surface area contributed by atoms with Crippen LogP contribution in [-0.2, 0) is 4.79 Å². The van der Waals surface area contributed by atoms with Crippen molar-refractivity contribution in [1.29, 1.82) is 5.26 Å². The van der Waals surface area contributed by atoms with Crippen LogP contribution in [0.2, 0.25) is 0 Å². The molecule has 3 aromatic rings. The van der Waals surface area contributed by atoms with Crippen LogP contribution in [0, 0.1) is 11.3 Å². The van der Waals surface area contributed by atoms with Gasteiger partial charge in [-0.25, -0.2) is 0 Å². The van der Waals surface area contributed by atoms with Gasteiger partial charge in [-0.3, -0.25) is 14.6 Å². The van der Waals surface area contributed by atoms with Crippen molar-refractivity contribution in [3.05, 3.63) is 77.6 Å². The summed E-state index contributed by atoms with van der Waals surface area (Å²) >= 11 is 0. The predicted octanol–water partition coefficient (Wildman–Crippen LogP) is 3.37. The minimum absolute atomic E-state index is 0.0773. The maximum absolute atomic E-state index is 12.7. The van der Waals surface area contributed by atoms with Gasteiger partial charge in [0.25, 0.3) is 0 Å². The number of rotatable bonds is 6. The maximum Gasteiger partial charge on any atom is 0.250 e. The van der Waals surface area contributed by atoms with E-state index in [0.29, 0.717) is 41.5 Å². The summed E-state index contributed by atoms with van der Waals surface area (Å²) < 4.78 is 11.4. The van der Waals surface area contributed by atoms with Gasteiger partial charge in [0, 0.05) is 25.1 Å². The molecule has 2 heterocycles. The van der Waals surface area contributed by atoms with E-state index in [0.717, 1.165) is 5.56 Å². The number of carbonyl (C=O) groups excluding carboxylic acids is 2. The van der Waals surface area contributed by atoms with Crippen molar-refractivity contribution in [3.8, 4) is 23.3 Å². The van der Waals surface area contributed by atoms with E-state index in [4.69, 9.17) is 15.2 Å². The highest BCUT2D eigenvalue weighted by molar-refractivity contribution is 5.98. The zero-order chi connectivity index (χ0) is 22.7. The predicted molar refractivity (Wildman–Crippen MR) is 117 cm³/mol. The molecule has 1 aromatic heterocycles. The highest BCUT2D eigenvalue weighted by Crippen LogP contribution is 2.38. The lowest BCUT2D eigenvalue weighted by molar-refractivity contribution is -0.117. The number of anilines is 1. The van der Waals surface area contributed by atoms with Crippen LogP contribution in [0.4, 0.5) is 5.69 Å². The van der Waals surface area contributed by atoms with E-state index in [-0.39, 0.29) is 17.4 Å². The molecule has 0 aliphatic carbocycles. The number of para-hydroxylation sites is 1. The quantitative estimate of drug-likeness (QED) is 0.643. The summed E-state index contributed by atoms with van der Waals surface area (Å²) in [5.74, 6) is 0.615. The number of nitrogens with zero attached hydrogens (tertiary/aromatic N) is 3. The first-order valence-corrected chi connectivity index (χ1v) is 9.90. The summed E-state index contributed by atoms with van der Waals surface area (Å²) in [5.41, 5.74) is 7.41. The van der Waals surface area contributed by atoms with Crippen molar-refractivity contribution >= 4 is 17.5 Å². The van der Waals surface area contributed by atoms with Crippen LogP contribution in [0.3, 0.4) is 0 Å². The Morgan fingerprint density at radius 2 is 1.97 bits per heavy atom. The van der Waals surface area contributed by atoms with E-state index >= 15 is 0 Å². The Balaban J connectivity index is 1.61. The zero-order valence-corrected chi connectivity index (χ0v) is 17.3. The van der Waals surface area contributed by atoms with Crippen LogP contribution in [-0.4, -0.2) is 30.5 Å². The molecule has 8 heteroatoms. The molecule has 8 nitrogen and oxygen atoms in total. The number of aromatic nitrogens is 1. The largest absolute Gasteiger partial charge is 0.493 e. The van der Waals surface area contributed by atoms with Crippen LogP contribution < -0.4 is 20.1 Å². The number of hydrogen-bond acceptors (Lipinski definition) is 6. The Bertz CT molecular complexity index is 1230. The molecule has 1 saturated heterocycles. The molecule has 32 heavy (non-hydrogen) atoms. The van der Waals surface area contributed by atoms with Gasteiger partial charge in [-0.15, -0.1) is 0 Å². The molecular weight excluding hydrogens is 408 g/mol. The van der Waals surface area contributed by atoms with Gasteiger partial charge < -0.3 is 20.1 Å². The molecular formula is C24H20N4O4. The molecule has 1 aliphatic rings. The van der Waals surface area contributed by atoms with Gasteiger partial charge >= 0.3 is 0 Å². The Morgan fingerprint density at radius 3 is 2.72 bits per heavy atom. The fourth-order valence-corrected chi connectivity index (χ4v) is 3.68. The number of primary amides is 1. The number of carbonyl (C=O) groups is 2. The third kappa shape index (κ3) is 4.09. The van der Waals surface area contributed by atoms with Crippen LogP contribution >= 0.6 is 0 Å². The molecule has 0 spiro atoms. The van der Waals surface area contributed by atoms with Crippen molar-refractivity contribution < 1.29 is 19.1 Å². The Hall–Kier alpha value is -4.38. The highest BCUT2D eigenvalue weighted by atomic mass is 16.5. The molecule has 0 unspecified atom stereocenters. The van der Waals surface area contributed by atoms with Gasteiger partial charge in [-0.2, -0.15) is 5.26 Å². The third-order valence-corrected chi connectivity index (χ3v) is 5.33. The van der Waals surface area contributed by atoms with E-state index in [2.05, 4.69) is 11.1 Å². The SMILES string of the molecule is COc1ccc([C@H]2CC(=O)N(c3cncc(C(N)=O)c3)C2)cc1Oc1ccccc1C#N. The van der Waals surface area contributed by atoms with Crippen LogP contribution in [0.5, 0.6) is 17.2 Å². The molecule has 1 atom stereocenters. The molecule has 2 amide bonds. The van der Waals surface area contributed by atoms with E-state index < -0.39 is 5.91 Å². The van der Waals surface area contributed by atoms with Gasteiger partial charge in [-0.05, 0) is 35.9 Å². The average molecular weight is 428 g/mol. The minimum Gasteiger partial charge on any atom is -0.493 e. The molecule has 2 aromatic carbocycles. The van der Waals surface area contributed by atoms with Crippen molar-refractivity contribution in [2.24, 2.45) is 5.73 Å². The number of hydrogen-bond donors (Lipinski definition) is 1. The van der Waals surface area contributed by atoms with E-state index in [9.17, 15) is 14.9 Å². The van der Waals surface area contributed by atoms with Gasteiger partial charge in [0.15, 0.2) is 11.5 Å². The van der Waals surface area contributed by atoms with Gasteiger partial charge in [-0.1, -0.05) is 18.2 Å². The smallest absolute Gasteiger partial charge is 0.250 e. The lowest BCUT2D eigenvalue weighted by Crippen LogP contribution is -2.25. The summed E-state index contributed by atoms with van der Waals surface area (Å²) in [6.45, 7) is 0.420. The maximum atomic E-state index is 12.7. The molecule has 0 radical (unpaired) electrons. The zero-order valence-electron chi connectivity index (χ0n) is 17.3. The number of amides is 2. The van der Waals surface area contributed by atoms with Crippen LogP contribution in [0.25, 0.3) is 0 Å². The molecule has 2 N–H and O–H groups in total. The second kappa shape index (κ2) is 8.78. The molecule has 1 aliphatic heterocycles. The number of nitriles is 1. The fraction of sp³-hybridized carbons (Fsp3) is 0.167. The third-order valence-electron chi connectivity index (χ3n) is 5.33. The molecule has 1 fully saturated rings. The number of pyridine rings is 1. The molecule has 160 valence electrons. The van der Waals surface area contributed by atoms with Crippen molar-refractivity contribution in [2.75, 3.05) is 18.6 Å². The average Bonchev–Trinajstić information content (AvgIpc) is 3.21. The summed E-state index contributed by atoms with van der Waals surface area (Å²) in [6, 6.07) is 16.1. The topological polar surface area (TPSA) is 119 Å². The fourth-order valence-electron chi connectivity index (χ4n) is 3.68. The number of nitrogens with two attached hydrogens (primary N) is 1. The van der Waals surface area contributed by atoms with E-state index in [1.165, 1.54) is 19.5 Å². The first-order valence-electron chi connectivity index (χ1n) is 9.90. The highest BCUT2D eigenvalue weighted by Gasteiger charge is 2.32. The second-order valence-corrected chi connectivity index (χ2v) is 7.32. The molecule has 0 saturated carbocycles. The Morgan fingerprint density at radius 1 is 1.16 bits per heavy atom. The van der Waals surface area contributed by atoms with E-state index in [1.54, 1.807) is 41.3 Å². The lowest BCUT2D eigenvalue weighted by Gasteiger charge is -2.18. The van der Waals surface area contributed by atoms with Crippen LogP contribution in [0.15, 0.2) is 60.9 Å². The van der Waals surface area contributed by atoms with Gasteiger partial charge in [0.1, 0.15) is 11.8 Å². The summed E-state index contributed by atoms with van der Waals surface area (Å²) in [7, 11) is 1.54. The van der Waals surface area contributed by atoms with Crippen LogP contribution in [0.1, 0.15) is 33.8 Å². The standard InChI is InChI=1S/C24H20N4O4/c1-31-21-7-6-15(9-22(21)32-20-5-3-2-4-16(20)11-25)18-10-23(29)28(14-18)19-8-17(24(26)30)12-27-13-19/h2-9,12-13,18H,10,14H2,1H3,(H2,26,30)/t18-/m0/s1. The van der Waals surface area contributed by atoms with E-state index in [1.807, 2.05) is 12.1 Å². The summed E-state index contributed by atoms with van der Waals surface area (Å²) in [6.07, 6.45) is 3.20. The van der Waals surface area contributed by atoms with Gasteiger partial charge in [0.05, 0.1) is 30.1 Å². The molecule has 4 rings (SSSR count). The van der Waals surface area contributed by atoms with Crippen molar-refractivity contribution in [3.63, 3.8) is 0 Å². The van der Waals surface area contributed by atoms with Crippen molar-refractivity contribution in [2.45, 2.75) is 12.3 Å². The number of benzene rings is 2. The summed E-state index contributed by atoms with van der Waals surface area (Å²) in [4.78, 5) is 29.8.